The Balaban J connectivity index is 2.32. The average molecular weight is 257 g/mol. The van der Waals surface area contributed by atoms with E-state index in [0.29, 0.717) is 12.5 Å². The Labute approximate surface area is 115 Å². The van der Waals surface area contributed by atoms with E-state index in [9.17, 15) is 0 Å². The second-order valence-corrected chi connectivity index (χ2v) is 5.22. The van der Waals surface area contributed by atoms with Crippen LogP contribution in [-0.2, 0) is 6.54 Å². The number of ether oxygens (including phenoxy) is 1. The lowest BCUT2D eigenvalue weighted by molar-refractivity contribution is 0.336. The monoisotopic (exact) mass is 257 g/mol. The van der Waals surface area contributed by atoms with Crippen LogP contribution >= 0.6 is 0 Å². The summed E-state index contributed by atoms with van der Waals surface area (Å²) >= 11 is 0. The van der Waals surface area contributed by atoms with Crippen LogP contribution in [0.4, 0.5) is 0 Å². The van der Waals surface area contributed by atoms with Crippen molar-refractivity contribution < 1.29 is 4.74 Å². The van der Waals surface area contributed by atoms with Gasteiger partial charge in [-0.3, -0.25) is 0 Å². The van der Waals surface area contributed by atoms with Crippen molar-refractivity contribution in [1.29, 1.82) is 0 Å². The standard InChI is InChI=1S/C17H23NO/c1-4-19-17-10-9-14-7-5-6-8-15(14)16(17)12-18-11-13(2)3/h5-10,13,18H,4,11-12H2,1-3H3. The summed E-state index contributed by atoms with van der Waals surface area (Å²) in [7, 11) is 0. The Morgan fingerprint density at radius 3 is 2.63 bits per heavy atom. The van der Waals surface area contributed by atoms with E-state index < -0.39 is 0 Å². The van der Waals surface area contributed by atoms with Crippen molar-refractivity contribution in [3.05, 3.63) is 42.0 Å². The van der Waals surface area contributed by atoms with Gasteiger partial charge in [0.25, 0.3) is 0 Å². The summed E-state index contributed by atoms with van der Waals surface area (Å²) < 4.78 is 5.76. The summed E-state index contributed by atoms with van der Waals surface area (Å²) in [4.78, 5) is 0. The van der Waals surface area contributed by atoms with Gasteiger partial charge in [-0.15, -0.1) is 0 Å². The van der Waals surface area contributed by atoms with E-state index in [4.69, 9.17) is 4.74 Å². The Hall–Kier alpha value is -1.54. The van der Waals surface area contributed by atoms with Crippen LogP contribution in [-0.4, -0.2) is 13.2 Å². The van der Waals surface area contributed by atoms with Gasteiger partial charge in [-0.1, -0.05) is 44.2 Å². The van der Waals surface area contributed by atoms with Gasteiger partial charge in [-0.2, -0.15) is 0 Å². The Morgan fingerprint density at radius 1 is 1.11 bits per heavy atom. The average Bonchev–Trinajstić information content (AvgIpc) is 2.40. The van der Waals surface area contributed by atoms with Crippen molar-refractivity contribution in [3.8, 4) is 5.75 Å². The topological polar surface area (TPSA) is 21.3 Å². The van der Waals surface area contributed by atoms with Crippen LogP contribution in [0.25, 0.3) is 10.8 Å². The highest BCUT2D eigenvalue weighted by atomic mass is 16.5. The zero-order valence-corrected chi connectivity index (χ0v) is 12.1. The molecule has 0 radical (unpaired) electrons. The highest BCUT2D eigenvalue weighted by Gasteiger charge is 2.08. The molecule has 2 aromatic carbocycles. The number of benzene rings is 2. The first-order valence-electron chi connectivity index (χ1n) is 7.06. The molecule has 1 N–H and O–H groups in total. The van der Waals surface area contributed by atoms with Gasteiger partial charge in [0, 0.05) is 12.1 Å². The quantitative estimate of drug-likeness (QED) is 0.845. The minimum atomic E-state index is 0.658. The van der Waals surface area contributed by atoms with Crippen LogP contribution in [0.2, 0.25) is 0 Å². The molecule has 0 spiro atoms. The van der Waals surface area contributed by atoms with Crippen LogP contribution in [0.3, 0.4) is 0 Å². The molecule has 0 saturated carbocycles. The largest absolute Gasteiger partial charge is 0.494 e. The van der Waals surface area contributed by atoms with Gasteiger partial charge in [0.1, 0.15) is 5.75 Å². The highest BCUT2D eigenvalue weighted by Crippen LogP contribution is 2.28. The maximum Gasteiger partial charge on any atom is 0.124 e. The summed E-state index contributed by atoms with van der Waals surface area (Å²) in [6, 6.07) is 12.7. The number of hydrogen-bond donors (Lipinski definition) is 1. The van der Waals surface area contributed by atoms with E-state index >= 15 is 0 Å². The minimum absolute atomic E-state index is 0.658. The van der Waals surface area contributed by atoms with Gasteiger partial charge >= 0.3 is 0 Å². The van der Waals surface area contributed by atoms with Crippen molar-refractivity contribution in [2.45, 2.75) is 27.3 Å². The molecule has 0 aliphatic rings. The van der Waals surface area contributed by atoms with E-state index in [0.717, 1.165) is 18.8 Å². The smallest absolute Gasteiger partial charge is 0.124 e. The lowest BCUT2D eigenvalue weighted by Gasteiger charge is -2.15. The third-order valence-corrected chi connectivity index (χ3v) is 3.15. The summed E-state index contributed by atoms with van der Waals surface area (Å²) in [6.07, 6.45) is 0. The molecule has 0 aromatic heterocycles. The van der Waals surface area contributed by atoms with Gasteiger partial charge in [-0.05, 0) is 36.2 Å². The summed E-state index contributed by atoms with van der Waals surface area (Å²) in [5.41, 5.74) is 1.26. The summed E-state index contributed by atoms with van der Waals surface area (Å²) in [5, 5.41) is 6.06. The molecule has 2 rings (SSSR count). The van der Waals surface area contributed by atoms with Gasteiger partial charge in [0.2, 0.25) is 0 Å². The number of fused-ring (bicyclic) bond motifs is 1. The van der Waals surface area contributed by atoms with Crippen molar-refractivity contribution in [2.24, 2.45) is 5.92 Å². The summed E-state index contributed by atoms with van der Waals surface area (Å²) in [6.45, 7) is 9.05. The molecule has 0 heterocycles. The molecular weight excluding hydrogens is 234 g/mol. The Bertz CT molecular complexity index is 534. The van der Waals surface area contributed by atoms with Crippen LogP contribution in [0, 0.1) is 5.92 Å². The summed E-state index contributed by atoms with van der Waals surface area (Å²) in [5.74, 6) is 1.66. The predicted octanol–water partition coefficient (Wildman–Crippen LogP) is 3.98. The van der Waals surface area contributed by atoms with Crippen LogP contribution < -0.4 is 10.1 Å². The van der Waals surface area contributed by atoms with E-state index in [1.54, 1.807) is 0 Å². The van der Waals surface area contributed by atoms with Gasteiger partial charge in [0.15, 0.2) is 0 Å². The second kappa shape index (κ2) is 6.58. The fourth-order valence-corrected chi connectivity index (χ4v) is 2.27. The van der Waals surface area contributed by atoms with E-state index in [-0.39, 0.29) is 0 Å². The normalized spacial score (nSPS) is 11.2. The SMILES string of the molecule is CCOc1ccc2ccccc2c1CNCC(C)C. The molecule has 0 aliphatic carbocycles. The minimum Gasteiger partial charge on any atom is -0.494 e. The highest BCUT2D eigenvalue weighted by molar-refractivity contribution is 5.87. The molecule has 0 bridgehead atoms. The molecular formula is C17H23NO. The molecule has 0 fully saturated rings. The van der Waals surface area contributed by atoms with E-state index in [1.807, 2.05) is 6.92 Å². The van der Waals surface area contributed by atoms with E-state index in [2.05, 4.69) is 55.6 Å². The predicted molar refractivity (Wildman–Crippen MR) is 81.7 cm³/mol. The number of rotatable bonds is 6. The van der Waals surface area contributed by atoms with Crippen molar-refractivity contribution >= 4 is 10.8 Å². The molecule has 0 atom stereocenters. The fraction of sp³-hybridized carbons (Fsp3) is 0.412. The van der Waals surface area contributed by atoms with Crippen LogP contribution in [0.1, 0.15) is 26.3 Å². The first kappa shape index (κ1) is 13.9. The van der Waals surface area contributed by atoms with Crippen LogP contribution in [0.15, 0.2) is 36.4 Å². The van der Waals surface area contributed by atoms with Crippen molar-refractivity contribution in [2.75, 3.05) is 13.2 Å². The molecule has 2 aromatic rings. The zero-order valence-electron chi connectivity index (χ0n) is 12.1. The maximum absolute atomic E-state index is 5.76. The number of hydrogen-bond acceptors (Lipinski definition) is 2. The maximum atomic E-state index is 5.76. The Morgan fingerprint density at radius 2 is 1.89 bits per heavy atom. The van der Waals surface area contributed by atoms with Gasteiger partial charge in [0.05, 0.1) is 6.61 Å². The fourth-order valence-electron chi connectivity index (χ4n) is 2.27. The third-order valence-electron chi connectivity index (χ3n) is 3.15. The molecule has 0 amide bonds. The lowest BCUT2D eigenvalue weighted by Crippen LogP contribution is -2.19. The number of nitrogens with one attached hydrogen (secondary N) is 1. The molecule has 102 valence electrons. The zero-order chi connectivity index (χ0) is 13.7. The van der Waals surface area contributed by atoms with Crippen molar-refractivity contribution in [3.63, 3.8) is 0 Å². The second-order valence-electron chi connectivity index (χ2n) is 5.22. The molecule has 0 saturated heterocycles. The van der Waals surface area contributed by atoms with E-state index in [1.165, 1.54) is 16.3 Å². The first-order chi connectivity index (χ1) is 9.22. The lowest BCUT2D eigenvalue weighted by atomic mass is 10.0. The van der Waals surface area contributed by atoms with Crippen molar-refractivity contribution in [1.82, 2.24) is 5.32 Å². The Kier molecular flexibility index (Phi) is 4.80. The van der Waals surface area contributed by atoms with Gasteiger partial charge in [-0.25, -0.2) is 0 Å². The third kappa shape index (κ3) is 3.48. The molecule has 2 heteroatoms. The first-order valence-corrected chi connectivity index (χ1v) is 7.06. The van der Waals surface area contributed by atoms with Gasteiger partial charge < -0.3 is 10.1 Å². The molecule has 2 nitrogen and oxygen atoms in total. The molecule has 0 unspecified atom stereocenters. The van der Waals surface area contributed by atoms with Crippen LogP contribution in [0.5, 0.6) is 5.75 Å². The molecule has 19 heavy (non-hydrogen) atoms. The molecule has 0 aliphatic heterocycles.